The lowest BCUT2D eigenvalue weighted by molar-refractivity contribution is -0.115. The molecular formula is C19H19N3O3. The number of nitrogens with one attached hydrogen (secondary N) is 1. The van der Waals surface area contributed by atoms with Crippen LogP contribution in [0.2, 0.25) is 0 Å². The highest BCUT2D eigenvalue weighted by Gasteiger charge is 2.25. The van der Waals surface area contributed by atoms with Crippen molar-refractivity contribution in [1.82, 2.24) is 9.88 Å². The maximum atomic E-state index is 12.9. The van der Waals surface area contributed by atoms with Gasteiger partial charge in [0.15, 0.2) is 0 Å². The molecule has 1 aromatic heterocycles. The summed E-state index contributed by atoms with van der Waals surface area (Å²) in [5, 5.41) is 2.79. The molecule has 4 rings (SSSR count). The molecule has 0 atom stereocenters. The molecule has 1 aromatic carbocycles. The second-order valence-corrected chi connectivity index (χ2v) is 6.44. The molecule has 0 saturated heterocycles. The molecule has 2 amide bonds. The first-order chi connectivity index (χ1) is 12.2. The van der Waals surface area contributed by atoms with Gasteiger partial charge in [0.2, 0.25) is 5.91 Å². The average molecular weight is 337 g/mol. The number of aromatic nitrogens is 1. The van der Waals surface area contributed by atoms with Crippen LogP contribution in [0, 0.1) is 0 Å². The van der Waals surface area contributed by atoms with Gasteiger partial charge in [0.05, 0.1) is 13.0 Å². The third kappa shape index (κ3) is 2.89. The number of hydrogen-bond acceptors (Lipinski definition) is 4. The molecule has 0 aliphatic carbocycles. The Balaban J connectivity index is 1.56. The largest absolute Gasteiger partial charge is 0.380 e. The summed E-state index contributed by atoms with van der Waals surface area (Å²) in [6.45, 7) is 1.75. The third-order valence-electron chi connectivity index (χ3n) is 4.79. The Labute approximate surface area is 145 Å². The SMILES string of the molecule is COCc1cncc2c1CCN(C(=O)c1ccc3c(c1)CC(=O)N3)C2. The summed E-state index contributed by atoms with van der Waals surface area (Å²) in [4.78, 5) is 30.5. The van der Waals surface area contributed by atoms with Gasteiger partial charge in [-0.3, -0.25) is 14.6 Å². The van der Waals surface area contributed by atoms with Gasteiger partial charge in [0.1, 0.15) is 0 Å². The molecule has 6 heteroatoms. The number of anilines is 1. The summed E-state index contributed by atoms with van der Waals surface area (Å²) in [7, 11) is 1.67. The number of methoxy groups -OCH3 is 1. The Morgan fingerprint density at radius 1 is 1.32 bits per heavy atom. The van der Waals surface area contributed by atoms with E-state index in [4.69, 9.17) is 4.74 Å². The molecule has 0 unspecified atom stereocenters. The van der Waals surface area contributed by atoms with Crippen LogP contribution in [0.15, 0.2) is 30.6 Å². The van der Waals surface area contributed by atoms with Crippen molar-refractivity contribution in [3.8, 4) is 0 Å². The van der Waals surface area contributed by atoms with Crippen molar-refractivity contribution in [2.75, 3.05) is 19.0 Å². The van der Waals surface area contributed by atoms with E-state index in [1.165, 1.54) is 5.56 Å². The first kappa shape index (κ1) is 15.8. The predicted molar refractivity (Wildman–Crippen MR) is 92.2 cm³/mol. The van der Waals surface area contributed by atoms with Crippen LogP contribution >= 0.6 is 0 Å². The summed E-state index contributed by atoms with van der Waals surface area (Å²) < 4.78 is 5.23. The maximum Gasteiger partial charge on any atom is 0.254 e. The fourth-order valence-electron chi connectivity index (χ4n) is 3.57. The smallest absolute Gasteiger partial charge is 0.254 e. The van der Waals surface area contributed by atoms with Gasteiger partial charge in [-0.1, -0.05) is 0 Å². The second kappa shape index (κ2) is 6.29. The molecule has 0 bridgehead atoms. The van der Waals surface area contributed by atoms with Crippen LogP contribution in [0.25, 0.3) is 0 Å². The molecule has 0 radical (unpaired) electrons. The lowest BCUT2D eigenvalue weighted by atomic mass is 9.96. The topological polar surface area (TPSA) is 71.5 Å². The number of amides is 2. The number of carbonyl (C=O) groups excluding carboxylic acids is 2. The van der Waals surface area contributed by atoms with E-state index in [2.05, 4.69) is 10.3 Å². The van der Waals surface area contributed by atoms with Gasteiger partial charge in [-0.25, -0.2) is 0 Å². The summed E-state index contributed by atoms with van der Waals surface area (Å²) in [6.07, 6.45) is 4.81. The summed E-state index contributed by atoms with van der Waals surface area (Å²) >= 11 is 0. The lowest BCUT2D eigenvalue weighted by Gasteiger charge is -2.30. The minimum absolute atomic E-state index is 0.00931. The highest BCUT2D eigenvalue weighted by Crippen LogP contribution is 2.27. The van der Waals surface area contributed by atoms with Gasteiger partial charge in [-0.15, -0.1) is 0 Å². The summed E-state index contributed by atoms with van der Waals surface area (Å²) in [5.74, 6) is -0.0341. The number of ether oxygens (including phenoxy) is 1. The van der Waals surface area contributed by atoms with E-state index in [9.17, 15) is 9.59 Å². The van der Waals surface area contributed by atoms with Crippen molar-refractivity contribution in [2.45, 2.75) is 26.0 Å². The molecule has 0 saturated carbocycles. The standard InChI is InChI=1S/C19H19N3O3/c1-25-11-15-9-20-8-14-10-22(5-4-16(14)15)19(24)12-2-3-17-13(6-12)7-18(23)21-17/h2-3,6,8-9H,4-5,7,10-11H2,1H3,(H,21,23). The van der Waals surface area contributed by atoms with Crippen molar-refractivity contribution in [3.05, 3.63) is 58.4 Å². The van der Waals surface area contributed by atoms with E-state index in [0.29, 0.717) is 31.7 Å². The van der Waals surface area contributed by atoms with Crippen molar-refractivity contribution in [3.63, 3.8) is 0 Å². The minimum Gasteiger partial charge on any atom is -0.380 e. The monoisotopic (exact) mass is 337 g/mol. The van der Waals surface area contributed by atoms with Crippen LogP contribution in [0.1, 0.15) is 32.6 Å². The van der Waals surface area contributed by atoms with Crippen molar-refractivity contribution in [2.24, 2.45) is 0 Å². The van der Waals surface area contributed by atoms with Gasteiger partial charge in [0, 0.05) is 43.8 Å². The van der Waals surface area contributed by atoms with Gasteiger partial charge in [-0.05, 0) is 46.9 Å². The predicted octanol–water partition coefficient (Wildman–Crippen LogP) is 1.92. The molecule has 128 valence electrons. The van der Waals surface area contributed by atoms with Crippen LogP contribution < -0.4 is 5.32 Å². The van der Waals surface area contributed by atoms with Crippen LogP contribution in [0.3, 0.4) is 0 Å². The molecule has 6 nitrogen and oxygen atoms in total. The number of hydrogen-bond donors (Lipinski definition) is 1. The van der Waals surface area contributed by atoms with Crippen LogP contribution in [0.4, 0.5) is 5.69 Å². The van der Waals surface area contributed by atoms with E-state index in [0.717, 1.165) is 28.8 Å². The third-order valence-corrected chi connectivity index (χ3v) is 4.79. The highest BCUT2D eigenvalue weighted by molar-refractivity contribution is 6.01. The Hall–Kier alpha value is -2.73. The van der Waals surface area contributed by atoms with Crippen molar-refractivity contribution >= 4 is 17.5 Å². The molecule has 1 N–H and O–H groups in total. The average Bonchev–Trinajstić information content (AvgIpc) is 3.00. The Bertz CT molecular complexity index is 863. The molecule has 2 aliphatic rings. The fourth-order valence-corrected chi connectivity index (χ4v) is 3.57. The molecular weight excluding hydrogens is 318 g/mol. The van der Waals surface area contributed by atoms with Crippen LogP contribution in [-0.4, -0.2) is 35.4 Å². The fraction of sp³-hybridized carbons (Fsp3) is 0.316. The molecule has 2 aromatic rings. The van der Waals surface area contributed by atoms with E-state index >= 15 is 0 Å². The molecule has 3 heterocycles. The first-order valence-corrected chi connectivity index (χ1v) is 8.31. The second-order valence-electron chi connectivity index (χ2n) is 6.44. The van der Waals surface area contributed by atoms with Crippen molar-refractivity contribution < 1.29 is 14.3 Å². The number of carbonyl (C=O) groups is 2. The molecule has 25 heavy (non-hydrogen) atoms. The van der Waals surface area contributed by atoms with Crippen LogP contribution in [0.5, 0.6) is 0 Å². The lowest BCUT2D eigenvalue weighted by Crippen LogP contribution is -2.36. The van der Waals surface area contributed by atoms with E-state index < -0.39 is 0 Å². The Morgan fingerprint density at radius 2 is 2.20 bits per heavy atom. The Kier molecular flexibility index (Phi) is 3.97. The molecule has 0 spiro atoms. The van der Waals surface area contributed by atoms with Gasteiger partial charge in [0.25, 0.3) is 5.91 Å². The van der Waals surface area contributed by atoms with E-state index in [-0.39, 0.29) is 11.8 Å². The molecule has 0 fully saturated rings. The van der Waals surface area contributed by atoms with Crippen LogP contribution in [-0.2, 0) is 35.5 Å². The summed E-state index contributed by atoms with van der Waals surface area (Å²) in [6, 6.07) is 5.41. The first-order valence-electron chi connectivity index (χ1n) is 8.31. The minimum atomic E-state index is -0.0248. The van der Waals surface area contributed by atoms with Crippen molar-refractivity contribution in [1.29, 1.82) is 0 Å². The Morgan fingerprint density at radius 3 is 3.04 bits per heavy atom. The number of nitrogens with zero attached hydrogens (tertiary/aromatic N) is 2. The highest BCUT2D eigenvalue weighted by atomic mass is 16.5. The van der Waals surface area contributed by atoms with E-state index in [1.54, 1.807) is 13.2 Å². The zero-order chi connectivity index (χ0) is 17.4. The summed E-state index contributed by atoms with van der Waals surface area (Å²) in [5.41, 5.74) is 5.72. The molecule has 2 aliphatic heterocycles. The normalized spacial score (nSPS) is 15.6. The quantitative estimate of drug-likeness (QED) is 0.929. The number of fused-ring (bicyclic) bond motifs is 2. The number of pyridine rings is 1. The zero-order valence-corrected chi connectivity index (χ0v) is 14.0. The van der Waals surface area contributed by atoms with Gasteiger partial charge >= 0.3 is 0 Å². The number of rotatable bonds is 3. The maximum absolute atomic E-state index is 12.9. The van der Waals surface area contributed by atoms with Gasteiger partial charge < -0.3 is 15.0 Å². The number of benzene rings is 1. The van der Waals surface area contributed by atoms with E-state index in [1.807, 2.05) is 29.4 Å². The zero-order valence-electron chi connectivity index (χ0n) is 14.0. The van der Waals surface area contributed by atoms with Gasteiger partial charge in [-0.2, -0.15) is 0 Å².